The first-order valence-electron chi connectivity index (χ1n) is 6.77. The molecule has 0 saturated carbocycles. The second-order valence-electron chi connectivity index (χ2n) is 5.56. The van der Waals surface area contributed by atoms with Gasteiger partial charge in [0.1, 0.15) is 26.1 Å². The van der Waals surface area contributed by atoms with Crippen LogP contribution in [0.3, 0.4) is 0 Å². The van der Waals surface area contributed by atoms with Crippen molar-refractivity contribution < 1.29 is 29.8 Å². The molecular formula is C13H18F6N5P. The SMILES string of the molecule is CN(C)/C=C(\C=[N+](C)C)c1ncnc2[nH]ccc12.F[P-](F)(F)(F)(F)F. The fraction of sp³-hybridized carbons (Fsp3) is 0.308. The molecule has 0 saturated heterocycles. The van der Waals surface area contributed by atoms with Gasteiger partial charge in [-0.3, -0.25) is 0 Å². The third kappa shape index (κ3) is 9.65. The summed E-state index contributed by atoms with van der Waals surface area (Å²) in [6, 6.07) is 2.00. The summed E-state index contributed by atoms with van der Waals surface area (Å²) in [6.07, 6.45) is 7.57. The van der Waals surface area contributed by atoms with Gasteiger partial charge in [0.2, 0.25) is 0 Å². The molecule has 0 aliphatic carbocycles. The predicted molar refractivity (Wildman–Crippen MR) is 87.3 cm³/mol. The molecule has 0 bridgehead atoms. The number of hydrogen-bond acceptors (Lipinski definition) is 3. The molecule has 2 rings (SSSR count). The van der Waals surface area contributed by atoms with Gasteiger partial charge in [-0.05, 0) is 6.07 Å². The Hall–Kier alpha value is -2.16. The molecule has 142 valence electrons. The molecule has 25 heavy (non-hydrogen) atoms. The number of H-pyrrole nitrogens is 1. The van der Waals surface area contributed by atoms with Crippen LogP contribution in [0.2, 0.25) is 0 Å². The van der Waals surface area contributed by atoms with E-state index >= 15 is 0 Å². The number of fused-ring (bicyclic) bond motifs is 1. The Morgan fingerprint density at radius 2 is 1.68 bits per heavy atom. The third-order valence-corrected chi connectivity index (χ3v) is 2.42. The van der Waals surface area contributed by atoms with Crippen LogP contribution in [0.25, 0.3) is 16.6 Å². The molecule has 0 aliphatic heterocycles. The molecule has 0 unspecified atom stereocenters. The summed E-state index contributed by atoms with van der Waals surface area (Å²) in [4.78, 5) is 13.7. The standard InChI is InChI=1S/C13H18N5.F6P/c1-17(2)7-10(8-18(3)4)12-11-5-6-14-13(11)16-9-15-12;1-7(2,3,4,5)6/h5-9H,1-4H3,(H,14,15,16);/q+1;-1. The number of halogens is 6. The van der Waals surface area contributed by atoms with Crippen LogP contribution in [0.15, 0.2) is 24.8 Å². The van der Waals surface area contributed by atoms with Crippen molar-refractivity contribution in [1.82, 2.24) is 19.9 Å². The summed E-state index contributed by atoms with van der Waals surface area (Å²) < 4.78 is 61.2. The quantitative estimate of drug-likeness (QED) is 0.362. The van der Waals surface area contributed by atoms with Crippen LogP contribution in [-0.4, -0.2) is 58.8 Å². The van der Waals surface area contributed by atoms with Crippen molar-refractivity contribution >= 4 is 30.6 Å². The van der Waals surface area contributed by atoms with Gasteiger partial charge in [-0.15, -0.1) is 0 Å². The van der Waals surface area contributed by atoms with Crippen molar-refractivity contribution in [3.8, 4) is 0 Å². The Bertz CT molecular complexity index is 792. The average Bonchev–Trinajstić information content (AvgIpc) is 2.80. The van der Waals surface area contributed by atoms with Crippen molar-refractivity contribution in [2.75, 3.05) is 28.2 Å². The summed E-state index contributed by atoms with van der Waals surface area (Å²) in [5, 5.41) is 1.03. The van der Waals surface area contributed by atoms with Crippen LogP contribution in [0.5, 0.6) is 0 Å². The minimum atomic E-state index is -10.7. The predicted octanol–water partition coefficient (Wildman–Crippen LogP) is 4.59. The topological polar surface area (TPSA) is 47.8 Å². The molecule has 0 fully saturated rings. The van der Waals surface area contributed by atoms with Gasteiger partial charge in [0.15, 0.2) is 6.21 Å². The van der Waals surface area contributed by atoms with Gasteiger partial charge in [-0.25, -0.2) is 14.5 Å². The maximum absolute atomic E-state index is 10.7. The Morgan fingerprint density at radius 1 is 1.12 bits per heavy atom. The van der Waals surface area contributed by atoms with Crippen LogP contribution in [0, 0.1) is 0 Å². The molecule has 0 aromatic carbocycles. The van der Waals surface area contributed by atoms with Gasteiger partial charge in [0.05, 0.1) is 11.3 Å². The summed E-state index contributed by atoms with van der Waals surface area (Å²) in [6.45, 7) is 0. The number of aromatic nitrogens is 3. The fourth-order valence-electron chi connectivity index (χ4n) is 1.81. The van der Waals surface area contributed by atoms with Gasteiger partial charge in [0.25, 0.3) is 0 Å². The molecule has 0 spiro atoms. The molecule has 1 N–H and O–H groups in total. The number of rotatable bonds is 3. The Morgan fingerprint density at radius 3 is 2.16 bits per heavy atom. The van der Waals surface area contributed by atoms with Gasteiger partial charge >= 0.3 is 33.0 Å². The minimum absolute atomic E-state index is 0.858. The van der Waals surface area contributed by atoms with E-state index in [0.717, 1.165) is 22.3 Å². The molecule has 0 atom stereocenters. The Balaban J connectivity index is 0.000000381. The van der Waals surface area contributed by atoms with E-state index in [9.17, 15) is 25.2 Å². The van der Waals surface area contributed by atoms with Crippen molar-refractivity contribution in [1.29, 1.82) is 0 Å². The Kier molecular flexibility index (Phi) is 5.25. The molecule has 2 aromatic heterocycles. The number of hydrogen-bond donors (Lipinski definition) is 1. The van der Waals surface area contributed by atoms with Crippen molar-refractivity contribution in [3.63, 3.8) is 0 Å². The van der Waals surface area contributed by atoms with Crippen molar-refractivity contribution in [3.05, 3.63) is 30.5 Å². The molecule has 2 heterocycles. The summed E-state index contributed by atoms with van der Waals surface area (Å²) in [5.41, 5.74) is 2.84. The molecule has 5 nitrogen and oxygen atoms in total. The first-order chi connectivity index (χ1) is 11.0. The van der Waals surface area contributed by atoms with Crippen LogP contribution in [0.4, 0.5) is 25.2 Å². The number of allylic oxidation sites excluding steroid dienone is 1. The zero-order chi connectivity index (χ0) is 19.5. The normalized spacial score (nSPS) is 14.9. The molecule has 2 aromatic rings. The maximum atomic E-state index is 9.87. The Labute approximate surface area is 139 Å². The van der Waals surface area contributed by atoms with Crippen LogP contribution >= 0.6 is 7.81 Å². The van der Waals surface area contributed by atoms with E-state index in [1.165, 1.54) is 0 Å². The fourth-order valence-corrected chi connectivity index (χ4v) is 1.81. The van der Waals surface area contributed by atoms with E-state index in [0.29, 0.717) is 0 Å². The number of aromatic amines is 1. The van der Waals surface area contributed by atoms with Crippen molar-refractivity contribution in [2.45, 2.75) is 0 Å². The van der Waals surface area contributed by atoms with Gasteiger partial charge in [0, 0.05) is 31.9 Å². The van der Waals surface area contributed by atoms with E-state index in [-0.39, 0.29) is 0 Å². The zero-order valence-corrected chi connectivity index (χ0v) is 14.8. The van der Waals surface area contributed by atoms with E-state index < -0.39 is 7.81 Å². The first kappa shape index (κ1) is 20.9. The van der Waals surface area contributed by atoms with E-state index in [4.69, 9.17) is 0 Å². The third-order valence-electron chi connectivity index (χ3n) is 2.42. The van der Waals surface area contributed by atoms with Gasteiger partial charge in [-0.1, -0.05) is 0 Å². The van der Waals surface area contributed by atoms with Crippen LogP contribution < -0.4 is 0 Å². The van der Waals surface area contributed by atoms with Gasteiger partial charge < -0.3 is 9.88 Å². The summed E-state index contributed by atoms with van der Waals surface area (Å²) in [7, 11) is -2.66. The molecule has 0 aliphatic rings. The van der Waals surface area contributed by atoms with E-state index in [2.05, 4.69) is 27.4 Å². The number of nitrogens with one attached hydrogen (secondary N) is 1. The van der Waals surface area contributed by atoms with Crippen molar-refractivity contribution in [2.24, 2.45) is 0 Å². The van der Waals surface area contributed by atoms with Crippen LogP contribution in [-0.2, 0) is 0 Å². The monoisotopic (exact) mass is 389 g/mol. The molecule has 0 radical (unpaired) electrons. The van der Waals surface area contributed by atoms with Gasteiger partial charge in [-0.2, -0.15) is 0 Å². The average molecular weight is 389 g/mol. The van der Waals surface area contributed by atoms with E-state index in [1.807, 2.05) is 49.9 Å². The zero-order valence-electron chi connectivity index (χ0n) is 13.9. The molecular weight excluding hydrogens is 371 g/mol. The summed E-state index contributed by atoms with van der Waals surface area (Å²) in [5.74, 6) is 0. The number of nitrogens with zero attached hydrogens (tertiary/aromatic N) is 4. The van der Waals surface area contributed by atoms with E-state index in [1.54, 1.807) is 6.33 Å². The van der Waals surface area contributed by atoms with Crippen LogP contribution in [0.1, 0.15) is 5.69 Å². The molecule has 0 amide bonds. The first-order valence-corrected chi connectivity index (χ1v) is 8.80. The molecule has 12 heteroatoms. The summed E-state index contributed by atoms with van der Waals surface area (Å²) >= 11 is 0. The second-order valence-corrected chi connectivity index (χ2v) is 7.48. The second kappa shape index (κ2) is 6.29.